The van der Waals surface area contributed by atoms with Crippen LogP contribution >= 0.6 is 0 Å². The van der Waals surface area contributed by atoms with E-state index in [1.54, 1.807) is 46.4 Å². The lowest BCUT2D eigenvalue weighted by molar-refractivity contribution is -0.136. The number of amides is 3. The first kappa shape index (κ1) is 33.6. The molecule has 0 aromatic rings. The Morgan fingerprint density at radius 3 is 1.85 bits per heavy atom. The molecule has 2 rings (SSSR count). The predicted molar refractivity (Wildman–Crippen MR) is 154 cm³/mol. The molecule has 0 atom stereocenters. The number of carbonyl (C=O) groups is 4. The second-order valence-corrected chi connectivity index (χ2v) is 12.8. The van der Waals surface area contributed by atoms with Crippen molar-refractivity contribution < 1.29 is 38.1 Å². The number of aliphatic imine (C=N–C) groups is 1. The summed E-state index contributed by atoms with van der Waals surface area (Å²) in [6.07, 6.45) is 2.33. The van der Waals surface area contributed by atoms with Crippen LogP contribution < -0.4 is 0 Å². The molecule has 0 saturated carbocycles. The Bertz CT molecular complexity index is 1150. The molecule has 2 aliphatic heterocycles. The third-order valence-electron chi connectivity index (χ3n) is 5.69. The van der Waals surface area contributed by atoms with Crippen LogP contribution in [0, 0.1) is 0 Å². The molecular weight excluding hydrogens is 530 g/mol. The Kier molecular flexibility index (Phi) is 10.6. The van der Waals surface area contributed by atoms with Gasteiger partial charge in [0, 0.05) is 19.5 Å². The van der Waals surface area contributed by atoms with E-state index in [1.807, 2.05) is 39.8 Å². The van der Waals surface area contributed by atoms with Crippen molar-refractivity contribution >= 4 is 30.0 Å². The number of nitrogens with zero attached hydrogens (tertiary/aromatic N) is 3. The molecule has 11 nitrogen and oxygen atoms in total. The summed E-state index contributed by atoms with van der Waals surface area (Å²) >= 11 is 0. The average Bonchev–Trinajstić information content (AvgIpc) is 3.00. The minimum Gasteiger partial charge on any atom is -0.464 e. The van der Waals surface area contributed by atoms with E-state index in [9.17, 15) is 19.2 Å². The number of hydrogen-bond acceptors (Lipinski definition) is 9. The van der Waals surface area contributed by atoms with Crippen LogP contribution in [-0.4, -0.2) is 76.8 Å². The predicted octanol–water partition coefficient (Wildman–Crippen LogP) is 6.29. The van der Waals surface area contributed by atoms with E-state index < -0.39 is 41.1 Å². The Morgan fingerprint density at radius 1 is 0.902 bits per heavy atom. The molecule has 3 amide bonds. The fraction of sp³-hybridized carbons (Fsp3) is 0.633. The Balaban J connectivity index is 2.65. The van der Waals surface area contributed by atoms with Gasteiger partial charge < -0.3 is 23.8 Å². The standard InChI is InChI=1S/C30H45N3O8/c1-12-19-17-21(20-13-15-32(16-14-20)25(35)39-28(2,3)4)31-23(24(34)38-11)22(18-19)33(26(36)40-29(5,6)7)27(37)41-30(8,9)10/h13,17H,12,14-16,18H2,1-11H3. The molecule has 0 aromatic heterocycles. The normalized spacial score (nSPS) is 16.6. The quantitative estimate of drug-likeness (QED) is 0.283. The van der Waals surface area contributed by atoms with Gasteiger partial charge in [0.05, 0.1) is 18.5 Å². The molecule has 0 N–H and O–H groups in total. The monoisotopic (exact) mass is 575 g/mol. The third kappa shape index (κ3) is 10.1. The fourth-order valence-electron chi connectivity index (χ4n) is 3.90. The van der Waals surface area contributed by atoms with Crippen LogP contribution in [0.25, 0.3) is 0 Å². The lowest BCUT2D eigenvalue weighted by Crippen LogP contribution is -2.43. The van der Waals surface area contributed by atoms with Crippen LogP contribution in [0.3, 0.4) is 0 Å². The zero-order valence-electron chi connectivity index (χ0n) is 26.3. The highest BCUT2D eigenvalue weighted by Crippen LogP contribution is 2.31. The van der Waals surface area contributed by atoms with Gasteiger partial charge in [-0.25, -0.2) is 24.2 Å². The Labute approximate surface area is 243 Å². The molecule has 0 bridgehead atoms. The summed E-state index contributed by atoms with van der Waals surface area (Å²) in [6.45, 7) is 18.1. The second-order valence-electron chi connectivity index (χ2n) is 12.8. The maximum Gasteiger partial charge on any atom is 0.424 e. The van der Waals surface area contributed by atoms with Crippen molar-refractivity contribution in [1.29, 1.82) is 0 Å². The Morgan fingerprint density at radius 2 is 1.44 bits per heavy atom. The van der Waals surface area contributed by atoms with E-state index >= 15 is 0 Å². The van der Waals surface area contributed by atoms with E-state index in [0.29, 0.717) is 31.6 Å². The lowest BCUT2D eigenvalue weighted by Gasteiger charge is -2.30. The highest BCUT2D eigenvalue weighted by molar-refractivity contribution is 6.12. The van der Waals surface area contributed by atoms with Gasteiger partial charge in [-0.3, -0.25) is 0 Å². The van der Waals surface area contributed by atoms with Gasteiger partial charge in [0.1, 0.15) is 16.8 Å². The SMILES string of the molecule is CCC1=CC(C2=CCN(C(=O)OC(C)(C)C)CC2)=NC(C(=O)OC)=C(N(C(=O)OC(C)(C)C)C(=O)OC(C)(C)C)C1. The lowest BCUT2D eigenvalue weighted by atomic mass is 9.99. The van der Waals surface area contributed by atoms with Crippen LogP contribution in [-0.2, 0) is 23.7 Å². The molecule has 11 heteroatoms. The van der Waals surface area contributed by atoms with E-state index in [-0.39, 0.29) is 17.8 Å². The first-order chi connectivity index (χ1) is 18.7. The zero-order chi connectivity index (χ0) is 31.3. The molecule has 0 saturated heterocycles. The van der Waals surface area contributed by atoms with Crippen molar-refractivity contribution in [3.8, 4) is 0 Å². The van der Waals surface area contributed by atoms with Crippen LogP contribution in [0.5, 0.6) is 0 Å². The number of methoxy groups -OCH3 is 1. The van der Waals surface area contributed by atoms with E-state index in [1.165, 1.54) is 7.11 Å². The van der Waals surface area contributed by atoms with Crippen molar-refractivity contribution in [2.45, 2.75) is 105 Å². The zero-order valence-corrected chi connectivity index (χ0v) is 26.3. The van der Waals surface area contributed by atoms with Gasteiger partial charge >= 0.3 is 24.2 Å². The molecule has 41 heavy (non-hydrogen) atoms. The summed E-state index contributed by atoms with van der Waals surface area (Å²) in [5.41, 5.74) is -0.600. The fourth-order valence-corrected chi connectivity index (χ4v) is 3.90. The first-order valence-corrected chi connectivity index (χ1v) is 13.8. The minimum atomic E-state index is -0.998. The molecule has 0 aliphatic carbocycles. The van der Waals surface area contributed by atoms with Gasteiger partial charge in [0.25, 0.3) is 0 Å². The van der Waals surface area contributed by atoms with E-state index in [4.69, 9.17) is 18.9 Å². The number of hydrogen-bond donors (Lipinski definition) is 0. The molecule has 0 aromatic carbocycles. The molecule has 2 heterocycles. The molecular formula is C30H45N3O8. The third-order valence-corrected chi connectivity index (χ3v) is 5.69. The minimum absolute atomic E-state index is 0.00441. The van der Waals surface area contributed by atoms with Gasteiger partial charge in [0.2, 0.25) is 0 Å². The Hall–Kier alpha value is -3.63. The van der Waals surface area contributed by atoms with Crippen LogP contribution in [0.2, 0.25) is 0 Å². The second kappa shape index (κ2) is 12.9. The molecule has 0 fully saturated rings. The molecule has 0 radical (unpaired) electrons. The molecule has 228 valence electrons. The molecule has 2 aliphatic rings. The van der Waals surface area contributed by atoms with Gasteiger partial charge in [-0.1, -0.05) is 18.6 Å². The summed E-state index contributed by atoms with van der Waals surface area (Å²) in [5, 5.41) is 0. The van der Waals surface area contributed by atoms with E-state index in [2.05, 4.69) is 4.99 Å². The summed E-state index contributed by atoms with van der Waals surface area (Å²) in [5.74, 6) is -0.827. The van der Waals surface area contributed by atoms with Crippen LogP contribution in [0.15, 0.2) is 39.7 Å². The summed E-state index contributed by atoms with van der Waals surface area (Å²) in [7, 11) is 1.20. The van der Waals surface area contributed by atoms with Gasteiger partial charge in [-0.2, -0.15) is 4.90 Å². The van der Waals surface area contributed by atoms with Crippen molar-refractivity contribution in [3.63, 3.8) is 0 Å². The van der Waals surface area contributed by atoms with Crippen LogP contribution in [0.1, 0.15) is 88.5 Å². The van der Waals surface area contributed by atoms with Gasteiger partial charge in [-0.05, 0) is 86.8 Å². The number of imide groups is 1. The molecule has 0 unspecified atom stereocenters. The van der Waals surface area contributed by atoms with Gasteiger partial charge in [0.15, 0.2) is 5.70 Å². The summed E-state index contributed by atoms with van der Waals surface area (Å²) in [4.78, 5) is 59.5. The van der Waals surface area contributed by atoms with Crippen molar-refractivity contribution in [3.05, 3.63) is 34.7 Å². The summed E-state index contributed by atoms with van der Waals surface area (Å²) < 4.78 is 21.6. The maximum atomic E-state index is 13.4. The maximum absolute atomic E-state index is 13.4. The van der Waals surface area contributed by atoms with E-state index in [0.717, 1.165) is 16.0 Å². The van der Waals surface area contributed by atoms with Crippen molar-refractivity contribution in [2.24, 2.45) is 4.99 Å². The number of ether oxygens (including phenoxy) is 4. The van der Waals surface area contributed by atoms with Crippen molar-refractivity contribution in [1.82, 2.24) is 9.80 Å². The number of allylic oxidation sites excluding steroid dienone is 2. The smallest absolute Gasteiger partial charge is 0.424 e. The number of carbonyl (C=O) groups excluding carboxylic acids is 4. The van der Waals surface area contributed by atoms with Crippen molar-refractivity contribution in [2.75, 3.05) is 20.2 Å². The average molecular weight is 576 g/mol. The largest absolute Gasteiger partial charge is 0.464 e. The van der Waals surface area contributed by atoms with Crippen LogP contribution in [0.4, 0.5) is 14.4 Å². The topological polar surface area (TPSA) is 124 Å². The highest BCUT2D eigenvalue weighted by atomic mass is 16.6. The number of esters is 1. The number of rotatable bonds is 4. The first-order valence-electron chi connectivity index (χ1n) is 13.8. The summed E-state index contributed by atoms with van der Waals surface area (Å²) in [6, 6.07) is 0. The van der Waals surface area contributed by atoms with Gasteiger partial charge in [-0.15, -0.1) is 0 Å². The highest BCUT2D eigenvalue weighted by Gasteiger charge is 2.38. The molecule has 0 spiro atoms.